The molecule has 2 amide bonds. The number of methoxy groups -OCH3 is 2. The van der Waals surface area contributed by atoms with E-state index in [1.807, 2.05) is 43.3 Å². The van der Waals surface area contributed by atoms with E-state index in [2.05, 4.69) is 4.83 Å². The average Bonchev–Trinajstić information content (AvgIpc) is 3.02. The molecule has 0 bridgehead atoms. The Kier molecular flexibility index (Phi) is 6.49. The standard InChI is InChI=1S/C20H26N4O5S/c1-14(15-4-8-17(28-2)9-5-15)12-23-19(16-6-10-18(29-3)11-7-16)13-24(20(23)25)22-30(21,26)27/h4-11,14,19,22H,12-13H2,1-3H3,(H2,21,26,27). The first-order chi connectivity index (χ1) is 14.2. The molecule has 2 aromatic rings. The van der Waals surface area contributed by atoms with Crippen LogP contribution in [0.2, 0.25) is 0 Å². The normalized spacial score (nSPS) is 17.9. The lowest BCUT2D eigenvalue weighted by atomic mass is 9.99. The second kappa shape index (κ2) is 8.90. The SMILES string of the molecule is COc1ccc(C(C)CN2C(=O)N(NS(N)(=O)=O)CC2c2ccc(OC)cc2)cc1. The molecule has 1 saturated heterocycles. The molecule has 162 valence electrons. The van der Waals surface area contributed by atoms with Crippen molar-refractivity contribution in [2.24, 2.45) is 5.14 Å². The number of benzene rings is 2. The minimum absolute atomic E-state index is 0.00929. The number of nitrogens with two attached hydrogens (primary N) is 1. The topological polar surface area (TPSA) is 114 Å². The highest BCUT2D eigenvalue weighted by Crippen LogP contribution is 2.32. The third-order valence-electron chi connectivity index (χ3n) is 5.10. The molecule has 0 saturated carbocycles. The van der Waals surface area contributed by atoms with Crippen LogP contribution < -0.4 is 19.4 Å². The summed E-state index contributed by atoms with van der Waals surface area (Å²) in [5.74, 6) is 1.46. The highest BCUT2D eigenvalue weighted by molar-refractivity contribution is 7.87. The number of hydrogen-bond donors (Lipinski definition) is 2. The Balaban J connectivity index is 1.86. The maximum atomic E-state index is 13.0. The van der Waals surface area contributed by atoms with Crippen LogP contribution in [-0.2, 0) is 10.2 Å². The van der Waals surface area contributed by atoms with Gasteiger partial charge in [-0.05, 0) is 41.3 Å². The summed E-state index contributed by atoms with van der Waals surface area (Å²) in [6.45, 7) is 2.54. The summed E-state index contributed by atoms with van der Waals surface area (Å²) in [5.41, 5.74) is 1.90. The van der Waals surface area contributed by atoms with E-state index in [1.54, 1.807) is 31.3 Å². The quantitative estimate of drug-likeness (QED) is 0.660. The zero-order valence-electron chi connectivity index (χ0n) is 17.1. The molecule has 1 fully saturated rings. The van der Waals surface area contributed by atoms with Crippen molar-refractivity contribution in [1.29, 1.82) is 0 Å². The second-order valence-electron chi connectivity index (χ2n) is 7.15. The number of hydrogen-bond acceptors (Lipinski definition) is 5. The molecule has 0 aromatic heterocycles. The first kappa shape index (κ1) is 21.9. The summed E-state index contributed by atoms with van der Waals surface area (Å²) in [5, 5.41) is 6.12. The molecule has 2 unspecified atom stereocenters. The molecule has 1 aliphatic heterocycles. The molecule has 30 heavy (non-hydrogen) atoms. The van der Waals surface area contributed by atoms with Crippen molar-refractivity contribution in [3.05, 3.63) is 59.7 Å². The molecule has 0 aliphatic carbocycles. The van der Waals surface area contributed by atoms with Gasteiger partial charge in [0.05, 0.1) is 26.8 Å². The first-order valence-electron chi connectivity index (χ1n) is 9.38. The highest BCUT2D eigenvalue weighted by atomic mass is 32.2. The third kappa shape index (κ3) is 5.02. The Labute approximate surface area is 176 Å². The lowest BCUT2D eigenvalue weighted by Gasteiger charge is -2.27. The average molecular weight is 435 g/mol. The maximum absolute atomic E-state index is 13.0. The van der Waals surface area contributed by atoms with E-state index in [0.29, 0.717) is 12.3 Å². The predicted octanol–water partition coefficient (Wildman–Crippen LogP) is 1.99. The Morgan fingerprint density at radius 1 is 1.07 bits per heavy atom. The van der Waals surface area contributed by atoms with Gasteiger partial charge < -0.3 is 14.4 Å². The first-order valence-corrected chi connectivity index (χ1v) is 10.9. The van der Waals surface area contributed by atoms with Crippen LogP contribution in [-0.4, -0.2) is 51.7 Å². The number of nitrogens with one attached hydrogen (secondary N) is 1. The summed E-state index contributed by atoms with van der Waals surface area (Å²) < 4.78 is 33.4. The molecule has 1 heterocycles. The highest BCUT2D eigenvalue weighted by Gasteiger charge is 2.40. The van der Waals surface area contributed by atoms with Gasteiger partial charge in [0.25, 0.3) is 10.2 Å². The van der Waals surface area contributed by atoms with Gasteiger partial charge in [-0.3, -0.25) is 0 Å². The Hall–Kier alpha value is -2.82. The number of amides is 2. The van der Waals surface area contributed by atoms with Crippen LogP contribution in [0.3, 0.4) is 0 Å². The van der Waals surface area contributed by atoms with Crippen molar-refractivity contribution >= 4 is 16.2 Å². The monoisotopic (exact) mass is 434 g/mol. The summed E-state index contributed by atoms with van der Waals surface area (Å²) >= 11 is 0. The molecule has 10 heteroatoms. The van der Waals surface area contributed by atoms with Crippen molar-refractivity contribution < 1.29 is 22.7 Å². The fraction of sp³-hybridized carbons (Fsp3) is 0.350. The summed E-state index contributed by atoms with van der Waals surface area (Å²) in [6, 6.07) is 14.2. The van der Waals surface area contributed by atoms with Crippen LogP contribution in [0.5, 0.6) is 11.5 Å². The Morgan fingerprint density at radius 2 is 1.60 bits per heavy atom. The number of rotatable bonds is 8. The number of ether oxygens (including phenoxy) is 2. The van der Waals surface area contributed by atoms with Gasteiger partial charge in [0.2, 0.25) is 0 Å². The molecular formula is C20H26N4O5S. The van der Waals surface area contributed by atoms with Crippen molar-refractivity contribution in [2.45, 2.75) is 18.9 Å². The minimum atomic E-state index is -4.07. The van der Waals surface area contributed by atoms with E-state index in [-0.39, 0.29) is 18.5 Å². The summed E-state index contributed by atoms with van der Waals surface area (Å²) in [7, 11) is -0.891. The van der Waals surface area contributed by atoms with Gasteiger partial charge in [-0.25, -0.2) is 14.9 Å². The van der Waals surface area contributed by atoms with E-state index >= 15 is 0 Å². The number of urea groups is 1. The van der Waals surface area contributed by atoms with Gasteiger partial charge in [0, 0.05) is 6.54 Å². The largest absolute Gasteiger partial charge is 0.497 e. The lowest BCUT2D eigenvalue weighted by molar-refractivity contribution is 0.179. The van der Waals surface area contributed by atoms with E-state index in [0.717, 1.165) is 21.9 Å². The number of hydrazine groups is 1. The summed E-state index contributed by atoms with van der Waals surface area (Å²) in [4.78, 5) is 16.7. The molecule has 0 spiro atoms. The van der Waals surface area contributed by atoms with Crippen LogP contribution in [0.1, 0.15) is 30.0 Å². The van der Waals surface area contributed by atoms with E-state index in [4.69, 9.17) is 14.6 Å². The lowest BCUT2D eigenvalue weighted by Crippen LogP contribution is -2.47. The molecule has 2 atom stereocenters. The second-order valence-corrected chi connectivity index (χ2v) is 8.42. The van der Waals surface area contributed by atoms with Gasteiger partial charge in [-0.2, -0.15) is 8.42 Å². The van der Waals surface area contributed by atoms with Crippen LogP contribution in [0.15, 0.2) is 48.5 Å². The maximum Gasteiger partial charge on any atom is 0.335 e. The number of carbonyl (C=O) groups is 1. The van der Waals surface area contributed by atoms with Crippen molar-refractivity contribution in [2.75, 3.05) is 27.3 Å². The van der Waals surface area contributed by atoms with Crippen molar-refractivity contribution in [1.82, 2.24) is 14.7 Å². The molecule has 1 aliphatic rings. The van der Waals surface area contributed by atoms with E-state index < -0.39 is 16.2 Å². The zero-order valence-corrected chi connectivity index (χ0v) is 17.9. The van der Waals surface area contributed by atoms with E-state index in [9.17, 15) is 13.2 Å². The van der Waals surface area contributed by atoms with E-state index in [1.165, 1.54) is 0 Å². The van der Waals surface area contributed by atoms with Crippen LogP contribution >= 0.6 is 0 Å². The Bertz CT molecular complexity index is 979. The minimum Gasteiger partial charge on any atom is -0.497 e. The van der Waals surface area contributed by atoms with Crippen molar-refractivity contribution in [3.8, 4) is 11.5 Å². The number of carbonyl (C=O) groups excluding carboxylic acids is 1. The third-order valence-corrected chi connectivity index (χ3v) is 5.58. The predicted molar refractivity (Wildman–Crippen MR) is 112 cm³/mol. The number of nitrogens with zero attached hydrogens (tertiary/aromatic N) is 2. The molecule has 3 N–H and O–H groups in total. The van der Waals surface area contributed by atoms with Crippen molar-refractivity contribution in [3.63, 3.8) is 0 Å². The molecule has 9 nitrogen and oxygen atoms in total. The fourth-order valence-electron chi connectivity index (χ4n) is 3.52. The molecule has 0 radical (unpaired) electrons. The smallest absolute Gasteiger partial charge is 0.335 e. The molecular weight excluding hydrogens is 408 g/mol. The van der Waals surface area contributed by atoms with Gasteiger partial charge in [-0.1, -0.05) is 31.2 Å². The van der Waals surface area contributed by atoms with Crippen LogP contribution in [0.4, 0.5) is 4.79 Å². The Morgan fingerprint density at radius 3 is 2.10 bits per heavy atom. The van der Waals surface area contributed by atoms with Gasteiger partial charge in [-0.15, -0.1) is 4.83 Å². The summed E-state index contributed by atoms with van der Waals surface area (Å²) in [6.07, 6.45) is 0. The molecule has 2 aromatic carbocycles. The van der Waals surface area contributed by atoms with Crippen LogP contribution in [0, 0.1) is 0 Å². The fourth-order valence-corrected chi connectivity index (χ4v) is 3.98. The van der Waals surface area contributed by atoms with Gasteiger partial charge in [0.15, 0.2) is 0 Å². The van der Waals surface area contributed by atoms with Gasteiger partial charge in [0.1, 0.15) is 11.5 Å². The van der Waals surface area contributed by atoms with Crippen LogP contribution in [0.25, 0.3) is 0 Å². The zero-order chi connectivity index (χ0) is 21.9. The molecule has 3 rings (SSSR count). The van der Waals surface area contributed by atoms with Gasteiger partial charge >= 0.3 is 6.03 Å².